The van der Waals surface area contributed by atoms with Crippen LogP contribution < -0.4 is 5.73 Å². The molecule has 1 aromatic heterocycles. The number of likely N-dealkylation sites (N-methyl/N-ethyl adjacent to an activating group) is 1. The Morgan fingerprint density at radius 1 is 1.67 bits per heavy atom. The van der Waals surface area contributed by atoms with Crippen molar-refractivity contribution in [2.45, 2.75) is 6.54 Å². The summed E-state index contributed by atoms with van der Waals surface area (Å²) in [5.74, 6) is -0.153. The molecule has 0 fully saturated rings. The number of imidazole rings is 1. The predicted molar refractivity (Wildman–Crippen MR) is 56.5 cm³/mol. The summed E-state index contributed by atoms with van der Waals surface area (Å²) in [7, 11) is 5.24. The maximum atomic E-state index is 11.2. The first-order valence-corrected chi connectivity index (χ1v) is 4.60. The molecule has 6 nitrogen and oxygen atoms in total. The van der Waals surface area contributed by atoms with Crippen molar-refractivity contribution >= 4 is 11.8 Å². The highest BCUT2D eigenvalue weighted by atomic mass is 16.5. The molecule has 0 radical (unpaired) electrons. The van der Waals surface area contributed by atoms with Gasteiger partial charge in [0.25, 0.3) is 0 Å². The van der Waals surface area contributed by atoms with Crippen LogP contribution in [0.1, 0.15) is 10.5 Å². The van der Waals surface area contributed by atoms with Gasteiger partial charge in [-0.2, -0.15) is 0 Å². The minimum atomic E-state index is -0.504. The van der Waals surface area contributed by atoms with Crippen LogP contribution in [0.2, 0.25) is 0 Å². The molecule has 0 spiro atoms. The minimum Gasteiger partial charge on any atom is -0.464 e. The molecule has 0 saturated heterocycles. The molecule has 0 amide bonds. The van der Waals surface area contributed by atoms with E-state index in [1.54, 1.807) is 10.9 Å². The fourth-order valence-corrected chi connectivity index (χ4v) is 1.13. The lowest BCUT2D eigenvalue weighted by molar-refractivity contribution is 0.0596. The first kappa shape index (κ1) is 11.5. The fourth-order valence-electron chi connectivity index (χ4n) is 1.13. The molecule has 0 aromatic carbocycles. The number of hydrogen-bond acceptors (Lipinski definition) is 5. The number of anilines is 1. The Morgan fingerprint density at radius 2 is 2.33 bits per heavy atom. The highest BCUT2D eigenvalue weighted by molar-refractivity contribution is 5.91. The number of nitrogen functional groups attached to an aromatic ring is 1. The van der Waals surface area contributed by atoms with E-state index in [-0.39, 0.29) is 5.69 Å². The zero-order chi connectivity index (χ0) is 11.4. The summed E-state index contributed by atoms with van der Waals surface area (Å²) in [6.45, 7) is 1.53. The van der Waals surface area contributed by atoms with E-state index in [0.29, 0.717) is 12.4 Å². The minimum absolute atomic E-state index is 0.177. The van der Waals surface area contributed by atoms with Crippen LogP contribution in [0.15, 0.2) is 6.33 Å². The summed E-state index contributed by atoms with van der Waals surface area (Å²) in [6.07, 6.45) is 1.55. The predicted octanol–water partition coefficient (Wildman–Crippen LogP) is -0.186. The van der Waals surface area contributed by atoms with Crippen molar-refractivity contribution in [1.82, 2.24) is 14.5 Å². The van der Waals surface area contributed by atoms with Crippen molar-refractivity contribution in [1.29, 1.82) is 0 Å². The molecular formula is C9H16N4O2. The third-order valence-electron chi connectivity index (χ3n) is 2.05. The lowest BCUT2D eigenvalue weighted by Gasteiger charge is -2.10. The van der Waals surface area contributed by atoms with Crippen molar-refractivity contribution in [3.63, 3.8) is 0 Å². The molecule has 0 aliphatic heterocycles. The normalized spacial score (nSPS) is 10.7. The van der Waals surface area contributed by atoms with Gasteiger partial charge in [0.05, 0.1) is 13.4 Å². The first-order chi connectivity index (χ1) is 7.06. The molecule has 1 aromatic rings. The van der Waals surface area contributed by atoms with Gasteiger partial charge >= 0.3 is 5.97 Å². The van der Waals surface area contributed by atoms with Crippen molar-refractivity contribution in [3.05, 3.63) is 12.0 Å². The number of ether oxygens (including phenoxy) is 1. The summed E-state index contributed by atoms with van der Waals surface area (Å²) in [5.41, 5.74) is 5.92. The molecule has 6 heteroatoms. The zero-order valence-corrected chi connectivity index (χ0v) is 9.23. The number of nitrogens with two attached hydrogens (primary N) is 1. The number of carbonyl (C=O) groups excluding carboxylic acids is 1. The lowest BCUT2D eigenvalue weighted by atomic mass is 10.4. The van der Waals surface area contributed by atoms with E-state index in [0.717, 1.165) is 6.54 Å². The Kier molecular flexibility index (Phi) is 3.68. The number of aromatic nitrogens is 2. The second-order valence-electron chi connectivity index (χ2n) is 3.47. The number of nitrogens with zero attached hydrogens (tertiary/aromatic N) is 3. The van der Waals surface area contributed by atoms with Crippen LogP contribution >= 0.6 is 0 Å². The lowest BCUT2D eigenvalue weighted by Crippen LogP contribution is -2.19. The Balaban J connectivity index is 2.75. The van der Waals surface area contributed by atoms with Gasteiger partial charge in [-0.25, -0.2) is 9.78 Å². The van der Waals surface area contributed by atoms with Crippen molar-refractivity contribution in [2.75, 3.05) is 33.5 Å². The van der Waals surface area contributed by atoms with Crippen LogP contribution in [0.5, 0.6) is 0 Å². The molecule has 0 bridgehead atoms. The van der Waals surface area contributed by atoms with Crippen LogP contribution in [-0.2, 0) is 11.3 Å². The van der Waals surface area contributed by atoms with Gasteiger partial charge < -0.3 is 19.9 Å². The van der Waals surface area contributed by atoms with E-state index in [1.165, 1.54) is 7.11 Å². The molecule has 84 valence electrons. The summed E-state index contributed by atoms with van der Waals surface area (Å²) in [5, 5.41) is 0. The Labute approximate surface area is 88.6 Å². The third kappa shape index (κ3) is 2.69. The van der Waals surface area contributed by atoms with Crippen molar-refractivity contribution in [3.8, 4) is 0 Å². The smallest absolute Gasteiger partial charge is 0.360 e. The van der Waals surface area contributed by atoms with Crippen LogP contribution in [-0.4, -0.2) is 48.2 Å². The van der Waals surface area contributed by atoms with Crippen LogP contribution in [0.4, 0.5) is 5.82 Å². The first-order valence-electron chi connectivity index (χ1n) is 4.60. The molecule has 0 aliphatic rings. The maximum Gasteiger partial charge on any atom is 0.360 e. The number of rotatable bonds is 4. The fraction of sp³-hybridized carbons (Fsp3) is 0.556. The monoisotopic (exact) mass is 212 g/mol. The molecule has 0 atom stereocenters. The largest absolute Gasteiger partial charge is 0.464 e. The van der Waals surface area contributed by atoms with Crippen molar-refractivity contribution in [2.24, 2.45) is 0 Å². The average molecular weight is 212 g/mol. The maximum absolute atomic E-state index is 11.2. The molecule has 0 aliphatic carbocycles. The van der Waals surface area contributed by atoms with Gasteiger partial charge in [0.15, 0.2) is 5.69 Å². The summed E-state index contributed by atoms with van der Waals surface area (Å²) in [6, 6.07) is 0. The second kappa shape index (κ2) is 4.79. The topological polar surface area (TPSA) is 73.4 Å². The highest BCUT2D eigenvalue weighted by Gasteiger charge is 2.15. The number of hydrogen-bond donors (Lipinski definition) is 1. The standard InChI is InChI=1S/C9H16N4O2/c1-12(2)4-5-13-6-11-7(8(13)10)9(14)15-3/h6H,4-5,10H2,1-3H3. The van der Waals surface area contributed by atoms with E-state index in [4.69, 9.17) is 5.73 Å². The van der Waals surface area contributed by atoms with Crippen LogP contribution in [0.25, 0.3) is 0 Å². The van der Waals surface area contributed by atoms with E-state index in [1.807, 2.05) is 19.0 Å². The number of carbonyl (C=O) groups is 1. The number of methoxy groups -OCH3 is 1. The molecule has 1 heterocycles. The van der Waals surface area contributed by atoms with Crippen molar-refractivity contribution < 1.29 is 9.53 Å². The van der Waals surface area contributed by atoms with Gasteiger partial charge in [-0.3, -0.25) is 0 Å². The SMILES string of the molecule is COC(=O)c1ncn(CCN(C)C)c1N. The quantitative estimate of drug-likeness (QED) is 0.700. The molecule has 1 rings (SSSR count). The Hall–Kier alpha value is -1.56. The summed E-state index contributed by atoms with van der Waals surface area (Å²) >= 11 is 0. The van der Waals surface area contributed by atoms with Gasteiger partial charge in [-0.15, -0.1) is 0 Å². The summed E-state index contributed by atoms with van der Waals surface area (Å²) in [4.78, 5) is 17.1. The van der Waals surface area contributed by atoms with Gasteiger partial charge in [0.1, 0.15) is 5.82 Å². The van der Waals surface area contributed by atoms with E-state index >= 15 is 0 Å². The van der Waals surface area contributed by atoms with Crippen LogP contribution in [0, 0.1) is 0 Å². The molecule has 0 unspecified atom stereocenters. The van der Waals surface area contributed by atoms with E-state index in [9.17, 15) is 4.79 Å². The van der Waals surface area contributed by atoms with E-state index < -0.39 is 5.97 Å². The van der Waals surface area contributed by atoms with Gasteiger partial charge in [-0.1, -0.05) is 0 Å². The van der Waals surface area contributed by atoms with E-state index in [2.05, 4.69) is 9.72 Å². The Morgan fingerprint density at radius 3 is 2.87 bits per heavy atom. The third-order valence-corrected chi connectivity index (χ3v) is 2.05. The molecule has 2 N–H and O–H groups in total. The summed E-state index contributed by atoms with van der Waals surface area (Å²) < 4.78 is 6.28. The molecular weight excluding hydrogens is 196 g/mol. The average Bonchev–Trinajstić information content (AvgIpc) is 2.56. The van der Waals surface area contributed by atoms with Gasteiger partial charge in [0, 0.05) is 13.1 Å². The second-order valence-corrected chi connectivity index (χ2v) is 3.47. The van der Waals surface area contributed by atoms with Crippen LogP contribution in [0.3, 0.4) is 0 Å². The molecule has 0 saturated carbocycles. The van der Waals surface area contributed by atoms with Gasteiger partial charge in [-0.05, 0) is 14.1 Å². The molecule has 15 heavy (non-hydrogen) atoms. The van der Waals surface area contributed by atoms with Gasteiger partial charge in [0.2, 0.25) is 0 Å². The number of esters is 1. The highest BCUT2D eigenvalue weighted by Crippen LogP contribution is 2.10. The Bertz CT molecular complexity index is 346. The zero-order valence-electron chi connectivity index (χ0n) is 9.23.